The molecule has 10 nitrogen and oxygen atoms in total. The van der Waals surface area contributed by atoms with Crippen LogP contribution in [-0.4, -0.2) is 73.2 Å². The first-order chi connectivity index (χ1) is 17.6. The Kier molecular flexibility index (Phi) is 6.23. The predicted octanol–water partition coefficient (Wildman–Crippen LogP) is 4.04. The van der Waals surface area contributed by atoms with Crippen LogP contribution in [0.15, 0.2) is 24.3 Å². The van der Waals surface area contributed by atoms with E-state index in [4.69, 9.17) is 11.2 Å². The van der Waals surface area contributed by atoms with Gasteiger partial charge in [-0.3, -0.25) is 9.89 Å². The van der Waals surface area contributed by atoms with Crippen LogP contribution in [0.2, 0.25) is 0 Å². The molecule has 3 heterocycles. The van der Waals surface area contributed by atoms with Crippen LogP contribution in [0.25, 0.3) is 10.9 Å². The van der Waals surface area contributed by atoms with Gasteiger partial charge in [0.25, 0.3) is 5.91 Å². The number of anilines is 2. The molecular weight excluding hydrogens is 470 g/mol. The van der Waals surface area contributed by atoms with Crippen LogP contribution < -0.4 is 5.32 Å². The number of carbonyl (C=O) groups excluding carboxylic acids is 2. The first-order valence-corrected chi connectivity index (χ1v) is 12.5. The molecular formula is C27H31N7O3. The average molecular weight is 502 g/mol. The number of aromatic amines is 1. The fourth-order valence-corrected chi connectivity index (χ4v) is 4.41. The molecule has 2 amide bonds. The van der Waals surface area contributed by atoms with Crippen molar-refractivity contribution >= 4 is 34.5 Å². The van der Waals surface area contributed by atoms with Crippen molar-refractivity contribution in [3.63, 3.8) is 0 Å². The lowest BCUT2D eigenvalue weighted by Crippen LogP contribution is -2.56. The Bertz CT molecular complexity index is 1400. The van der Waals surface area contributed by atoms with E-state index in [-0.39, 0.29) is 23.9 Å². The van der Waals surface area contributed by atoms with Gasteiger partial charge in [-0.1, -0.05) is 5.92 Å². The van der Waals surface area contributed by atoms with Gasteiger partial charge in [0.2, 0.25) is 5.82 Å². The zero-order valence-electron chi connectivity index (χ0n) is 21.5. The lowest BCUT2D eigenvalue weighted by molar-refractivity contribution is 0.00182. The van der Waals surface area contributed by atoms with Crippen LogP contribution >= 0.6 is 0 Å². The molecule has 2 N–H and O–H groups in total. The molecule has 0 bridgehead atoms. The number of fused-ring (bicyclic) bond motifs is 1. The second-order valence-corrected chi connectivity index (χ2v) is 10.7. The molecule has 10 heteroatoms. The normalized spacial score (nSPS) is 18.0. The standard InChI is InChI=1S/C27H31N7O3/c1-6-17-7-10-20-19(13-17)23(29-22-14-21(31-32-22)18-8-9-18)30-24(28-20)25(35)33-11-12-34(16(2)15-33)26(36)37-27(3,4)5/h1,7,10,13-14,16,18H,8-9,11-12,15H2,2-5H3,(H2,28,29,30,31,32)/t16-/m1/s1. The fraction of sp³-hybridized carbons (Fsp3) is 0.444. The summed E-state index contributed by atoms with van der Waals surface area (Å²) in [5.74, 6) is 4.00. The van der Waals surface area contributed by atoms with Gasteiger partial charge in [-0.2, -0.15) is 5.10 Å². The number of terminal acetylenes is 1. The number of nitrogens with zero attached hydrogens (tertiary/aromatic N) is 5. The number of rotatable bonds is 4. The molecule has 0 unspecified atom stereocenters. The number of aromatic nitrogens is 4. The predicted molar refractivity (Wildman–Crippen MR) is 140 cm³/mol. The molecule has 2 aliphatic rings. The van der Waals surface area contributed by atoms with Gasteiger partial charge in [0.05, 0.1) is 5.52 Å². The van der Waals surface area contributed by atoms with Gasteiger partial charge in [0, 0.05) is 54.3 Å². The zero-order chi connectivity index (χ0) is 26.3. The summed E-state index contributed by atoms with van der Waals surface area (Å²) in [6.45, 7) is 8.47. The monoisotopic (exact) mass is 501 g/mol. The van der Waals surface area contributed by atoms with E-state index in [0.29, 0.717) is 53.7 Å². The highest BCUT2D eigenvalue weighted by Gasteiger charge is 2.34. The maximum Gasteiger partial charge on any atom is 0.410 e. The largest absolute Gasteiger partial charge is 0.444 e. The molecule has 0 spiro atoms. The molecule has 0 radical (unpaired) electrons. The van der Waals surface area contributed by atoms with Crippen molar-refractivity contribution in [2.24, 2.45) is 0 Å². The second kappa shape index (κ2) is 9.39. The Hall–Kier alpha value is -4.13. The number of amides is 2. The minimum absolute atomic E-state index is 0.0688. The van der Waals surface area contributed by atoms with Crippen molar-refractivity contribution in [2.75, 3.05) is 25.0 Å². The molecule has 1 atom stereocenters. The minimum Gasteiger partial charge on any atom is -0.444 e. The summed E-state index contributed by atoms with van der Waals surface area (Å²) in [5.41, 5.74) is 1.78. The van der Waals surface area contributed by atoms with Crippen molar-refractivity contribution in [1.29, 1.82) is 0 Å². The quantitative estimate of drug-likeness (QED) is 0.518. The Labute approximate surface area is 215 Å². The smallest absolute Gasteiger partial charge is 0.410 e. The molecule has 5 rings (SSSR count). The number of H-pyrrole nitrogens is 1. The summed E-state index contributed by atoms with van der Waals surface area (Å²) in [6, 6.07) is 7.15. The summed E-state index contributed by atoms with van der Waals surface area (Å²) in [4.78, 5) is 38.6. The van der Waals surface area contributed by atoms with Crippen molar-refractivity contribution in [3.05, 3.63) is 41.3 Å². The minimum atomic E-state index is -0.584. The maximum atomic E-state index is 13.5. The number of benzene rings is 1. The van der Waals surface area contributed by atoms with Crippen LogP contribution in [0, 0.1) is 12.3 Å². The van der Waals surface area contributed by atoms with Gasteiger partial charge < -0.3 is 19.9 Å². The summed E-state index contributed by atoms with van der Waals surface area (Å²) in [6.07, 6.45) is 7.54. The molecule has 1 aliphatic heterocycles. The van der Waals surface area contributed by atoms with Crippen LogP contribution in [0.3, 0.4) is 0 Å². The van der Waals surface area contributed by atoms with Gasteiger partial charge in [0.1, 0.15) is 11.4 Å². The Balaban J connectivity index is 1.40. The summed E-state index contributed by atoms with van der Waals surface area (Å²) in [5, 5.41) is 11.4. The molecule has 37 heavy (non-hydrogen) atoms. The van der Waals surface area contributed by atoms with Gasteiger partial charge in [0.15, 0.2) is 5.82 Å². The van der Waals surface area contributed by atoms with E-state index in [2.05, 4.69) is 31.4 Å². The third-order valence-electron chi connectivity index (χ3n) is 6.46. The third kappa shape index (κ3) is 5.35. The van der Waals surface area contributed by atoms with Crippen LogP contribution in [0.5, 0.6) is 0 Å². The first-order valence-electron chi connectivity index (χ1n) is 12.5. The van der Waals surface area contributed by atoms with Crippen LogP contribution in [-0.2, 0) is 4.74 Å². The number of hydrogen-bond donors (Lipinski definition) is 2. The van der Waals surface area contributed by atoms with Crippen LogP contribution in [0.1, 0.15) is 68.3 Å². The van der Waals surface area contributed by atoms with E-state index in [1.165, 1.54) is 0 Å². The van der Waals surface area contributed by atoms with E-state index in [1.807, 2.05) is 39.8 Å². The zero-order valence-corrected chi connectivity index (χ0v) is 21.5. The molecule has 1 saturated carbocycles. The average Bonchev–Trinajstić information content (AvgIpc) is 3.60. The summed E-state index contributed by atoms with van der Waals surface area (Å²) in [7, 11) is 0. The van der Waals surface area contributed by atoms with E-state index in [9.17, 15) is 9.59 Å². The maximum absolute atomic E-state index is 13.5. The molecule has 1 aromatic carbocycles. The number of hydrogen-bond acceptors (Lipinski definition) is 7. The van der Waals surface area contributed by atoms with Crippen molar-refractivity contribution < 1.29 is 14.3 Å². The molecule has 3 aromatic rings. The highest BCUT2D eigenvalue weighted by Crippen LogP contribution is 2.39. The van der Waals surface area contributed by atoms with Gasteiger partial charge in [-0.25, -0.2) is 14.8 Å². The molecule has 2 aromatic heterocycles. The Morgan fingerprint density at radius 2 is 1.97 bits per heavy atom. The number of piperazine rings is 1. The van der Waals surface area contributed by atoms with E-state index >= 15 is 0 Å². The van der Waals surface area contributed by atoms with Gasteiger partial charge >= 0.3 is 6.09 Å². The van der Waals surface area contributed by atoms with Crippen molar-refractivity contribution in [3.8, 4) is 12.3 Å². The van der Waals surface area contributed by atoms with Crippen molar-refractivity contribution in [2.45, 2.75) is 58.1 Å². The number of ether oxygens (including phenoxy) is 1. The summed E-state index contributed by atoms with van der Waals surface area (Å²) >= 11 is 0. The molecule has 1 saturated heterocycles. The topological polar surface area (TPSA) is 116 Å². The molecule has 2 fully saturated rings. The third-order valence-corrected chi connectivity index (χ3v) is 6.46. The van der Waals surface area contributed by atoms with Gasteiger partial charge in [-0.05, 0) is 58.7 Å². The first kappa shape index (κ1) is 24.6. The second-order valence-electron chi connectivity index (χ2n) is 10.7. The van der Waals surface area contributed by atoms with E-state index < -0.39 is 5.60 Å². The van der Waals surface area contributed by atoms with E-state index in [0.717, 1.165) is 18.5 Å². The van der Waals surface area contributed by atoms with E-state index in [1.54, 1.807) is 21.9 Å². The molecule has 192 valence electrons. The lowest BCUT2D eigenvalue weighted by atomic mass is 10.1. The Morgan fingerprint density at radius 1 is 1.19 bits per heavy atom. The number of carbonyl (C=O) groups is 2. The van der Waals surface area contributed by atoms with Gasteiger partial charge in [-0.15, -0.1) is 6.42 Å². The highest BCUT2D eigenvalue weighted by molar-refractivity contribution is 5.97. The highest BCUT2D eigenvalue weighted by atomic mass is 16.6. The SMILES string of the molecule is C#Cc1ccc2nc(C(=O)N3CCN(C(=O)OC(C)(C)C)[C@H](C)C3)nc(Nc3cc(C4CC4)[nH]n3)c2c1. The number of nitrogens with one attached hydrogen (secondary N) is 2. The lowest BCUT2D eigenvalue weighted by Gasteiger charge is -2.39. The molecule has 1 aliphatic carbocycles. The Morgan fingerprint density at radius 3 is 2.65 bits per heavy atom. The summed E-state index contributed by atoms with van der Waals surface area (Å²) < 4.78 is 5.52. The van der Waals surface area contributed by atoms with Crippen LogP contribution in [0.4, 0.5) is 16.4 Å². The fourth-order valence-electron chi connectivity index (χ4n) is 4.41. The van der Waals surface area contributed by atoms with Crippen molar-refractivity contribution in [1.82, 2.24) is 30.0 Å².